The minimum atomic E-state index is -0.0790. The molecule has 0 bridgehead atoms. The fourth-order valence-corrected chi connectivity index (χ4v) is 1.69. The zero-order valence-electron chi connectivity index (χ0n) is 9.84. The molecular weight excluding hydrogens is 256 g/mol. The number of carbonyl (C=O) groups is 1. The van der Waals surface area contributed by atoms with E-state index >= 15 is 0 Å². The van der Waals surface area contributed by atoms with Gasteiger partial charge in [-0.25, -0.2) is 0 Å². The van der Waals surface area contributed by atoms with Gasteiger partial charge >= 0.3 is 0 Å². The van der Waals surface area contributed by atoms with Crippen LogP contribution in [0.25, 0.3) is 0 Å². The van der Waals surface area contributed by atoms with E-state index in [9.17, 15) is 4.79 Å². The zero-order valence-corrected chi connectivity index (χ0v) is 11.4. The van der Waals surface area contributed by atoms with E-state index in [2.05, 4.69) is 10.6 Å². The van der Waals surface area contributed by atoms with Crippen LogP contribution >= 0.6 is 23.8 Å². The Morgan fingerprint density at radius 2 is 2.18 bits per heavy atom. The number of amides is 1. The van der Waals surface area contributed by atoms with Gasteiger partial charge in [0.05, 0.1) is 0 Å². The third-order valence-electron chi connectivity index (χ3n) is 2.18. The smallest absolute Gasteiger partial charge is 0.226 e. The molecular formula is C12H15ClN2OS. The Labute approximate surface area is 112 Å². The summed E-state index contributed by atoms with van der Waals surface area (Å²) < 4.78 is 0. The first-order chi connectivity index (χ1) is 8.02. The summed E-state index contributed by atoms with van der Waals surface area (Å²) in [4.78, 5) is 11.3. The molecule has 0 aliphatic rings. The molecule has 0 heterocycles. The average Bonchev–Trinajstić information content (AvgIpc) is 2.23. The van der Waals surface area contributed by atoms with Crippen molar-refractivity contribution in [2.24, 2.45) is 0 Å². The number of halogens is 1. The highest BCUT2D eigenvalue weighted by molar-refractivity contribution is 7.80. The van der Waals surface area contributed by atoms with Crippen molar-refractivity contribution < 1.29 is 4.79 Å². The van der Waals surface area contributed by atoms with Gasteiger partial charge < -0.3 is 10.6 Å². The SMILES string of the molecule is CCCC(=O)NC(=S)Nc1cc(Cl)ccc1C. The number of rotatable bonds is 3. The Bertz CT molecular complexity index is 435. The lowest BCUT2D eigenvalue weighted by Crippen LogP contribution is -2.34. The predicted octanol–water partition coefficient (Wildman–Crippen LogP) is 3.26. The highest BCUT2D eigenvalue weighted by Crippen LogP contribution is 2.19. The second kappa shape index (κ2) is 6.57. The van der Waals surface area contributed by atoms with Crippen molar-refractivity contribution >= 4 is 40.5 Å². The minimum Gasteiger partial charge on any atom is -0.332 e. The fraction of sp³-hybridized carbons (Fsp3) is 0.333. The van der Waals surface area contributed by atoms with Crippen LogP contribution in [0.4, 0.5) is 5.69 Å². The van der Waals surface area contributed by atoms with E-state index in [4.69, 9.17) is 23.8 Å². The maximum atomic E-state index is 11.3. The molecule has 0 atom stereocenters. The summed E-state index contributed by atoms with van der Waals surface area (Å²) >= 11 is 10.9. The summed E-state index contributed by atoms with van der Waals surface area (Å²) in [6, 6.07) is 5.47. The van der Waals surface area contributed by atoms with Crippen LogP contribution in [0.3, 0.4) is 0 Å². The lowest BCUT2D eigenvalue weighted by Gasteiger charge is -2.11. The molecule has 0 fully saturated rings. The third kappa shape index (κ3) is 4.71. The molecule has 0 aromatic heterocycles. The third-order valence-corrected chi connectivity index (χ3v) is 2.62. The van der Waals surface area contributed by atoms with E-state index in [1.807, 2.05) is 19.9 Å². The second-order valence-corrected chi connectivity index (χ2v) is 4.56. The minimum absolute atomic E-state index is 0.0790. The first kappa shape index (κ1) is 13.9. The van der Waals surface area contributed by atoms with E-state index in [-0.39, 0.29) is 5.91 Å². The fourth-order valence-electron chi connectivity index (χ4n) is 1.30. The number of hydrogen-bond donors (Lipinski definition) is 2. The van der Waals surface area contributed by atoms with Gasteiger partial charge in [-0.05, 0) is 43.3 Å². The van der Waals surface area contributed by atoms with Gasteiger partial charge in [-0.1, -0.05) is 24.6 Å². The molecule has 1 aromatic rings. The Balaban J connectivity index is 2.62. The number of anilines is 1. The molecule has 1 aromatic carbocycles. The van der Waals surface area contributed by atoms with Crippen LogP contribution in [-0.4, -0.2) is 11.0 Å². The van der Waals surface area contributed by atoms with Crippen LogP contribution in [0, 0.1) is 6.92 Å². The molecule has 1 amide bonds. The van der Waals surface area contributed by atoms with E-state index in [1.54, 1.807) is 12.1 Å². The number of thiocarbonyl (C=S) groups is 1. The van der Waals surface area contributed by atoms with Crippen LogP contribution in [0.5, 0.6) is 0 Å². The molecule has 0 spiro atoms. The molecule has 0 saturated heterocycles. The largest absolute Gasteiger partial charge is 0.332 e. The molecule has 0 radical (unpaired) electrons. The van der Waals surface area contributed by atoms with Crippen molar-refractivity contribution in [1.29, 1.82) is 0 Å². The standard InChI is InChI=1S/C12H15ClN2OS/c1-3-4-11(16)15-12(17)14-10-7-9(13)6-5-8(10)2/h5-7H,3-4H2,1-2H3,(H2,14,15,16,17). The molecule has 0 unspecified atom stereocenters. The van der Waals surface area contributed by atoms with Gasteiger partial charge in [-0.3, -0.25) is 4.79 Å². The van der Waals surface area contributed by atoms with Gasteiger partial charge in [0.25, 0.3) is 0 Å². The summed E-state index contributed by atoms with van der Waals surface area (Å²) in [6.45, 7) is 3.88. The Hall–Kier alpha value is -1.13. The Kier molecular flexibility index (Phi) is 5.38. The molecule has 0 aliphatic heterocycles. The molecule has 3 nitrogen and oxygen atoms in total. The first-order valence-electron chi connectivity index (χ1n) is 5.40. The average molecular weight is 271 g/mol. The molecule has 5 heteroatoms. The predicted molar refractivity (Wildman–Crippen MR) is 75.5 cm³/mol. The topological polar surface area (TPSA) is 41.1 Å². The van der Waals surface area contributed by atoms with Gasteiger partial charge in [0.1, 0.15) is 0 Å². The number of aryl methyl sites for hydroxylation is 1. The maximum absolute atomic E-state index is 11.3. The van der Waals surface area contributed by atoms with Crippen LogP contribution in [0.2, 0.25) is 5.02 Å². The van der Waals surface area contributed by atoms with Crippen molar-refractivity contribution in [3.8, 4) is 0 Å². The van der Waals surface area contributed by atoms with Crippen LogP contribution in [0.15, 0.2) is 18.2 Å². The number of nitrogens with one attached hydrogen (secondary N) is 2. The van der Waals surface area contributed by atoms with E-state index in [0.717, 1.165) is 17.7 Å². The Morgan fingerprint density at radius 3 is 2.82 bits per heavy atom. The summed E-state index contributed by atoms with van der Waals surface area (Å²) in [5.74, 6) is -0.0790. The monoisotopic (exact) mass is 270 g/mol. The second-order valence-electron chi connectivity index (χ2n) is 3.71. The summed E-state index contributed by atoms with van der Waals surface area (Å²) in [6.07, 6.45) is 1.26. The summed E-state index contributed by atoms with van der Waals surface area (Å²) in [7, 11) is 0. The molecule has 17 heavy (non-hydrogen) atoms. The zero-order chi connectivity index (χ0) is 12.8. The highest BCUT2D eigenvalue weighted by Gasteiger charge is 2.05. The maximum Gasteiger partial charge on any atom is 0.226 e. The van der Waals surface area contributed by atoms with Crippen LogP contribution < -0.4 is 10.6 Å². The van der Waals surface area contributed by atoms with Gasteiger partial charge in [0, 0.05) is 17.1 Å². The van der Waals surface area contributed by atoms with E-state index in [1.165, 1.54) is 0 Å². The lowest BCUT2D eigenvalue weighted by atomic mass is 10.2. The van der Waals surface area contributed by atoms with Crippen LogP contribution in [-0.2, 0) is 4.79 Å². The molecule has 1 rings (SSSR count). The van der Waals surface area contributed by atoms with E-state index in [0.29, 0.717) is 16.6 Å². The van der Waals surface area contributed by atoms with Crippen molar-refractivity contribution in [1.82, 2.24) is 5.32 Å². The lowest BCUT2D eigenvalue weighted by molar-refractivity contribution is -0.119. The first-order valence-corrected chi connectivity index (χ1v) is 6.18. The van der Waals surface area contributed by atoms with Crippen molar-refractivity contribution in [2.45, 2.75) is 26.7 Å². The quantitative estimate of drug-likeness (QED) is 0.829. The molecule has 0 saturated carbocycles. The van der Waals surface area contributed by atoms with E-state index < -0.39 is 0 Å². The van der Waals surface area contributed by atoms with Gasteiger partial charge in [0.2, 0.25) is 5.91 Å². The van der Waals surface area contributed by atoms with Crippen molar-refractivity contribution in [2.75, 3.05) is 5.32 Å². The molecule has 2 N–H and O–H groups in total. The highest BCUT2D eigenvalue weighted by atomic mass is 35.5. The Morgan fingerprint density at radius 1 is 1.47 bits per heavy atom. The van der Waals surface area contributed by atoms with Crippen molar-refractivity contribution in [3.05, 3.63) is 28.8 Å². The number of benzene rings is 1. The molecule has 0 aliphatic carbocycles. The number of hydrogen-bond acceptors (Lipinski definition) is 2. The summed E-state index contributed by atoms with van der Waals surface area (Å²) in [5.41, 5.74) is 1.82. The van der Waals surface area contributed by atoms with Gasteiger partial charge in [0.15, 0.2) is 5.11 Å². The van der Waals surface area contributed by atoms with Gasteiger partial charge in [-0.15, -0.1) is 0 Å². The normalized spacial score (nSPS) is 9.82. The van der Waals surface area contributed by atoms with Crippen molar-refractivity contribution in [3.63, 3.8) is 0 Å². The summed E-state index contributed by atoms with van der Waals surface area (Å²) in [5, 5.41) is 6.50. The number of carbonyl (C=O) groups excluding carboxylic acids is 1. The molecule has 92 valence electrons. The van der Waals surface area contributed by atoms with Crippen LogP contribution in [0.1, 0.15) is 25.3 Å². The van der Waals surface area contributed by atoms with Gasteiger partial charge in [-0.2, -0.15) is 0 Å².